The molecular weight excluding hydrogens is 280 g/mol. The third-order valence-corrected chi connectivity index (χ3v) is 4.56. The topological polar surface area (TPSA) is 68.7 Å². The van der Waals surface area contributed by atoms with Gasteiger partial charge in [-0.25, -0.2) is 9.78 Å². The fraction of sp³-hybridized carbons (Fsp3) is 0.625. The highest BCUT2D eigenvalue weighted by molar-refractivity contribution is 5.64. The first-order chi connectivity index (χ1) is 10.7. The Kier molecular flexibility index (Phi) is 4.77. The molecule has 0 atom stereocenters. The number of carboxylic acid groups (broad SMARTS) is 1. The third-order valence-electron chi connectivity index (χ3n) is 4.56. The maximum atomic E-state index is 10.7. The quantitative estimate of drug-likeness (QED) is 0.889. The van der Waals surface area contributed by atoms with E-state index >= 15 is 0 Å². The van der Waals surface area contributed by atoms with Crippen LogP contribution in [-0.4, -0.2) is 53.3 Å². The molecule has 2 aliphatic rings. The molecule has 22 heavy (non-hydrogen) atoms. The number of amides is 1. The van der Waals surface area contributed by atoms with Crippen molar-refractivity contribution < 1.29 is 9.90 Å². The summed E-state index contributed by atoms with van der Waals surface area (Å²) >= 11 is 0. The Bertz CT molecular complexity index is 509. The van der Waals surface area contributed by atoms with Crippen LogP contribution in [0.25, 0.3) is 0 Å². The van der Waals surface area contributed by atoms with Crippen LogP contribution in [0.5, 0.6) is 0 Å². The zero-order chi connectivity index (χ0) is 15.4. The van der Waals surface area contributed by atoms with Crippen LogP contribution in [0.2, 0.25) is 0 Å². The van der Waals surface area contributed by atoms with Crippen LogP contribution in [0.4, 0.5) is 10.6 Å². The van der Waals surface area contributed by atoms with Crippen molar-refractivity contribution in [1.29, 1.82) is 0 Å². The maximum absolute atomic E-state index is 10.7. The van der Waals surface area contributed by atoms with Crippen LogP contribution >= 0.6 is 0 Å². The number of hydrogen-bond acceptors (Lipinski definition) is 4. The molecule has 2 aliphatic heterocycles. The van der Waals surface area contributed by atoms with Gasteiger partial charge in [0.15, 0.2) is 0 Å². The highest BCUT2D eigenvalue weighted by Crippen LogP contribution is 2.20. The molecule has 120 valence electrons. The zero-order valence-corrected chi connectivity index (χ0v) is 12.9. The van der Waals surface area contributed by atoms with Crippen LogP contribution in [0, 0.1) is 0 Å². The van der Waals surface area contributed by atoms with Gasteiger partial charge in [-0.15, -0.1) is 0 Å². The van der Waals surface area contributed by atoms with Gasteiger partial charge in [0.2, 0.25) is 0 Å². The summed E-state index contributed by atoms with van der Waals surface area (Å²) in [7, 11) is 0. The summed E-state index contributed by atoms with van der Waals surface area (Å²) in [6, 6.07) is 4.39. The summed E-state index contributed by atoms with van der Waals surface area (Å²) in [6.07, 6.45) is 5.28. The predicted molar refractivity (Wildman–Crippen MR) is 85.1 cm³/mol. The number of anilines is 1. The SMILES string of the molecule is O=C(O)NC1CCN(Cc2ccnc(N3CCCC3)c2)CC1. The number of likely N-dealkylation sites (tertiary alicyclic amines) is 1. The lowest BCUT2D eigenvalue weighted by atomic mass is 10.0. The highest BCUT2D eigenvalue weighted by atomic mass is 16.4. The van der Waals surface area contributed by atoms with Gasteiger partial charge in [-0.05, 0) is 43.4 Å². The summed E-state index contributed by atoms with van der Waals surface area (Å²) in [6.45, 7) is 5.02. The molecule has 2 saturated heterocycles. The van der Waals surface area contributed by atoms with Crippen molar-refractivity contribution in [2.75, 3.05) is 31.1 Å². The van der Waals surface area contributed by atoms with E-state index in [2.05, 4.69) is 32.2 Å². The molecule has 0 unspecified atom stereocenters. The Hall–Kier alpha value is -1.82. The molecule has 0 aliphatic carbocycles. The fourth-order valence-electron chi connectivity index (χ4n) is 3.35. The van der Waals surface area contributed by atoms with Crippen molar-refractivity contribution in [3.8, 4) is 0 Å². The van der Waals surface area contributed by atoms with Crippen molar-refractivity contribution in [3.63, 3.8) is 0 Å². The Morgan fingerprint density at radius 1 is 1.27 bits per heavy atom. The number of piperidine rings is 1. The molecule has 3 heterocycles. The Labute approximate surface area is 131 Å². The second-order valence-corrected chi connectivity index (χ2v) is 6.22. The average Bonchev–Trinajstić information content (AvgIpc) is 3.03. The van der Waals surface area contributed by atoms with Gasteiger partial charge in [0.25, 0.3) is 0 Å². The molecular formula is C16H24N4O2. The molecule has 0 bridgehead atoms. The van der Waals surface area contributed by atoms with Gasteiger partial charge in [0.05, 0.1) is 0 Å². The number of aromatic nitrogens is 1. The molecule has 2 N–H and O–H groups in total. The first-order valence-corrected chi connectivity index (χ1v) is 8.12. The first kappa shape index (κ1) is 15.1. The van der Waals surface area contributed by atoms with E-state index in [-0.39, 0.29) is 6.04 Å². The number of carbonyl (C=O) groups is 1. The summed E-state index contributed by atoms with van der Waals surface area (Å²) in [5.74, 6) is 1.09. The molecule has 0 aromatic carbocycles. The number of pyridine rings is 1. The predicted octanol–water partition coefficient (Wildman–Crippen LogP) is 1.91. The fourth-order valence-corrected chi connectivity index (χ4v) is 3.35. The second kappa shape index (κ2) is 6.96. The number of rotatable bonds is 4. The van der Waals surface area contributed by atoms with Gasteiger partial charge in [-0.3, -0.25) is 4.90 Å². The minimum absolute atomic E-state index is 0.103. The van der Waals surface area contributed by atoms with Crippen molar-refractivity contribution in [2.24, 2.45) is 0 Å². The maximum Gasteiger partial charge on any atom is 0.404 e. The lowest BCUT2D eigenvalue weighted by Gasteiger charge is -2.31. The second-order valence-electron chi connectivity index (χ2n) is 6.22. The van der Waals surface area contributed by atoms with E-state index in [9.17, 15) is 4.79 Å². The van der Waals surface area contributed by atoms with E-state index in [1.165, 1.54) is 18.4 Å². The van der Waals surface area contributed by atoms with Gasteiger partial charge < -0.3 is 15.3 Å². The Morgan fingerprint density at radius 3 is 2.68 bits per heavy atom. The van der Waals surface area contributed by atoms with E-state index in [0.717, 1.165) is 51.4 Å². The lowest BCUT2D eigenvalue weighted by Crippen LogP contribution is -2.43. The van der Waals surface area contributed by atoms with Crippen molar-refractivity contribution in [1.82, 2.24) is 15.2 Å². The Balaban J connectivity index is 1.53. The largest absolute Gasteiger partial charge is 0.465 e. The van der Waals surface area contributed by atoms with Crippen LogP contribution in [-0.2, 0) is 6.54 Å². The number of nitrogens with zero attached hydrogens (tertiary/aromatic N) is 3. The molecule has 6 heteroatoms. The zero-order valence-electron chi connectivity index (χ0n) is 12.9. The van der Waals surface area contributed by atoms with Gasteiger partial charge in [0, 0.05) is 45.0 Å². The minimum atomic E-state index is -0.914. The minimum Gasteiger partial charge on any atom is -0.465 e. The smallest absolute Gasteiger partial charge is 0.404 e. The van der Waals surface area contributed by atoms with Crippen molar-refractivity contribution >= 4 is 11.9 Å². The Morgan fingerprint density at radius 2 is 2.00 bits per heavy atom. The van der Waals surface area contributed by atoms with Gasteiger partial charge in [0.1, 0.15) is 5.82 Å². The van der Waals surface area contributed by atoms with Crippen LogP contribution in [0.3, 0.4) is 0 Å². The lowest BCUT2D eigenvalue weighted by molar-refractivity contribution is 0.165. The molecule has 0 spiro atoms. The van der Waals surface area contributed by atoms with E-state index in [1.807, 2.05) is 6.20 Å². The van der Waals surface area contributed by atoms with Crippen molar-refractivity contribution in [2.45, 2.75) is 38.3 Å². The van der Waals surface area contributed by atoms with Gasteiger partial charge in [-0.1, -0.05) is 0 Å². The molecule has 3 rings (SSSR count). The monoisotopic (exact) mass is 304 g/mol. The van der Waals surface area contributed by atoms with Gasteiger partial charge in [-0.2, -0.15) is 0 Å². The standard InChI is InChI=1S/C16H24N4O2/c21-16(22)18-14-4-9-19(10-5-14)12-13-3-6-17-15(11-13)20-7-1-2-8-20/h3,6,11,14,18H,1-2,4-5,7-10,12H2,(H,21,22). The van der Waals surface area contributed by atoms with Gasteiger partial charge >= 0.3 is 6.09 Å². The summed E-state index contributed by atoms with van der Waals surface area (Å²) in [5.41, 5.74) is 1.29. The first-order valence-electron chi connectivity index (χ1n) is 8.12. The van der Waals surface area contributed by atoms with E-state index in [4.69, 9.17) is 5.11 Å². The van der Waals surface area contributed by atoms with E-state index < -0.39 is 6.09 Å². The number of nitrogens with one attached hydrogen (secondary N) is 1. The summed E-state index contributed by atoms with van der Waals surface area (Å²) in [5, 5.41) is 11.4. The summed E-state index contributed by atoms with van der Waals surface area (Å²) < 4.78 is 0. The van der Waals surface area contributed by atoms with Crippen LogP contribution in [0.15, 0.2) is 18.3 Å². The molecule has 6 nitrogen and oxygen atoms in total. The number of hydrogen-bond donors (Lipinski definition) is 2. The van der Waals surface area contributed by atoms with Crippen molar-refractivity contribution in [3.05, 3.63) is 23.9 Å². The molecule has 2 fully saturated rings. The average molecular weight is 304 g/mol. The highest BCUT2D eigenvalue weighted by Gasteiger charge is 2.21. The molecule has 1 aromatic rings. The summed E-state index contributed by atoms with van der Waals surface area (Å²) in [4.78, 5) is 19.9. The van der Waals surface area contributed by atoms with E-state index in [0.29, 0.717) is 0 Å². The third kappa shape index (κ3) is 3.88. The molecule has 0 radical (unpaired) electrons. The van der Waals surface area contributed by atoms with Crippen LogP contribution < -0.4 is 10.2 Å². The normalized spacial score (nSPS) is 20.3. The molecule has 1 aromatic heterocycles. The van der Waals surface area contributed by atoms with Crippen LogP contribution in [0.1, 0.15) is 31.2 Å². The van der Waals surface area contributed by atoms with E-state index in [1.54, 1.807) is 0 Å². The molecule has 1 amide bonds. The molecule has 0 saturated carbocycles.